The van der Waals surface area contributed by atoms with E-state index in [9.17, 15) is 9.59 Å². The molecule has 1 aliphatic heterocycles. The molecule has 0 fully saturated rings. The molecule has 100 valence electrons. The van der Waals surface area contributed by atoms with E-state index in [2.05, 4.69) is 0 Å². The first-order valence-electron chi connectivity index (χ1n) is 6.37. The van der Waals surface area contributed by atoms with E-state index in [1.165, 1.54) is 0 Å². The van der Waals surface area contributed by atoms with Crippen molar-refractivity contribution in [3.05, 3.63) is 59.7 Å². The van der Waals surface area contributed by atoms with Gasteiger partial charge in [0.05, 0.1) is 5.69 Å². The van der Waals surface area contributed by atoms with Crippen molar-refractivity contribution >= 4 is 34.1 Å². The Kier molecular flexibility index (Phi) is 3.28. The summed E-state index contributed by atoms with van der Waals surface area (Å²) in [5.41, 5.74) is 3.25. The number of hydrogen-bond donors (Lipinski definition) is 0. The highest BCUT2D eigenvalue weighted by Gasteiger charge is 2.25. The Labute approximate surface area is 121 Å². The van der Waals surface area contributed by atoms with Crippen molar-refractivity contribution in [2.75, 3.05) is 4.90 Å². The van der Waals surface area contributed by atoms with Crippen LogP contribution >= 0.6 is 11.6 Å². The molecular formula is C16H12ClNO2. The normalized spacial score (nSPS) is 14.1. The van der Waals surface area contributed by atoms with Gasteiger partial charge in [0, 0.05) is 17.7 Å². The Hall–Kier alpha value is -2.13. The van der Waals surface area contributed by atoms with Gasteiger partial charge in [-0.2, -0.15) is 0 Å². The second-order valence-electron chi connectivity index (χ2n) is 4.68. The smallest absolute Gasteiger partial charge is 0.252 e. The summed E-state index contributed by atoms with van der Waals surface area (Å²) in [5.74, 6) is 0.0636. The average Bonchev–Trinajstić information content (AvgIpc) is 2.47. The molecule has 3 rings (SSSR count). The van der Waals surface area contributed by atoms with Gasteiger partial charge in [0.2, 0.25) is 5.91 Å². The number of fused-ring (bicyclic) bond motifs is 1. The molecule has 20 heavy (non-hydrogen) atoms. The van der Waals surface area contributed by atoms with Crippen LogP contribution in [0.2, 0.25) is 0 Å². The van der Waals surface area contributed by atoms with Crippen LogP contribution in [0, 0.1) is 0 Å². The summed E-state index contributed by atoms with van der Waals surface area (Å²) in [7, 11) is 0. The summed E-state index contributed by atoms with van der Waals surface area (Å²) >= 11 is 5.43. The summed E-state index contributed by atoms with van der Waals surface area (Å²) in [4.78, 5) is 25.0. The molecule has 1 aliphatic rings. The van der Waals surface area contributed by atoms with Gasteiger partial charge in [-0.25, -0.2) is 0 Å². The fraction of sp³-hybridized carbons (Fsp3) is 0.125. The number of carbonyl (C=O) groups excluding carboxylic acids is 2. The molecule has 0 bridgehead atoms. The van der Waals surface area contributed by atoms with Crippen LogP contribution in [0.25, 0.3) is 0 Å². The molecule has 0 N–H and O–H groups in total. The van der Waals surface area contributed by atoms with Gasteiger partial charge in [-0.3, -0.25) is 14.5 Å². The molecule has 0 saturated heterocycles. The zero-order chi connectivity index (χ0) is 14.1. The zero-order valence-electron chi connectivity index (χ0n) is 10.7. The predicted molar refractivity (Wildman–Crippen MR) is 78.5 cm³/mol. The van der Waals surface area contributed by atoms with Crippen LogP contribution in [-0.2, 0) is 11.2 Å². The molecule has 2 aromatic carbocycles. The predicted octanol–water partition coefficient (Wildman–Crippen LogP) is 3.68. The van der Waals surface area contributed by atoms with Crippen LogP contribution < -0.4 is 4.90 Å². The summed E-state index contributed by atoms with van der Waals surface area (Å²) in [6.07, 6.45) is 1.26. The first-order valence-corrected chi connectivity index (χ1v) is 6.75. The van der Waals surface area contributed by atoms with Gasteiger partial charge in [-0.15, -0.1) is 0 Å². The van der Waals surface area contributed by atoms with E-state index in [-0.39, 0.29) is 5.91 Å². The van der Waals surface area contributed by atoms with Crippen LogP contribution in [0.15, 0.2) is 48.5 Å². The maximum absolute atomic E-state index is 12.2. The van der Waals surface area contributed by atoms with Crippen LogP contribution in [0.1, 0.15) is 22.3 Å². The molecule has 4 heteroatoms. The third-order valence-corrected chi connectivity index (χ3v) is 3.66. The number of hydrogen-bond acceptors (Lipinski definition) is 2. The maximum atomic E-state index is 12.2. The molecule has 3 nitrogen and oxygen atoms in total. The van der Waals surface area contributed by atoms with Crippen molar-refractivity contribution in [1.82, 2.24) is 0 Å². The minimum Gasteiger partial charge on any atom is -0.281 e. The monoisotopic (exact) mass is 285 g/mol. The number of amides is 1. The minimum atomic E-state index is -0.498. The topological polar surface area (TPSA) is 37.4 Å². The Bertz CT molecular complexity index is 679. The lowest BCUT2D eigenvalue weighted by Gasteiger charge is -2.29. The van der Waals surface area contributed by atoms with Crippen molar-refractivity contribution in [3.63, 3.8) is 0 Å². The zero-order valence-corrected chi connectivity index (χ0v) is 11.4. The fourth-order valence-electron chi connectivity index (χ4n) is 2.45. The van der Waals surface area contributed by atoms with Crippen molar-refractivity contribution in [2.24, 2.45) is 0 Å². The van der Waals surface area contributed by atoms with Crippen molar-refractivity contribution in [2.45, 2.75) is 12.8 Å². The first-order chi connectivity index (χ1) is 9.66. The number of aryl methyl sites for hydroxylation is 1. The van der Waals surface area contributed by atoms with E-state index >= 15 is 0 Å². The highest BCUT2D eigenvalue weighted by Crippen LogP contribution is 2.34. The number of rotatable bonds is 2. The van der Waals surface area contributed by atoms with Gasteiger partial charge in [-0.1, -0.05) is 18.2 Å². The first kappa shape index (κ1) is 12.9. The van der Waals surface area contributed by atoms with E-state index in [0.717, 1.165) is 23.4 Å². The number of anilines is 2. The molecule has 1 amide bonds. The second kappa shape index (κ2) is 5.10. The largest absolute Gasteiger partial charge is 0.281 e. The van der Waals surface area contributed by atoms with Gasteiger partial charge >= 0.3 is 0 Å². The lowest BCUT2D eigenvalue weighted by Crippen LogP contribution is -2.30. The van der Waals surface area contributed by atoms with Gasteiger partial charge < -0.3 is 0 Å². The number of carbonyl (C=O) groups is 2. The third kappa shape index (κ3) is 2.21. The molecule has 0 spiro atoms. The van der Waals surface area contributed by atoms with Crippen LogP contribution in [-0.4, -0.2) is 11.1 Å². The number of halogens is 1. The molecule has 0 radical (unpaired) electrons. The second-order valence-corrected chi connectivity index (χ2v) is 5.02. The Morgan fingerprint density at radius 1 is 1.00 bits per heavy atom. The van der Waals surface area contributed by atoms with Gasteiger partial charge in [0.1, 0.15) is 0 Å². The molecule has 2 aromatic rings. The van der Waals surface area contributed by atoms with Gasteiger partial charge in [0.15, 0.2) is 0 Å². The summed E-state index contributed by atoms with van der Waals surface area (Å²) in [6, 6.07) is 14.6. The van der Waals surface area contributed by atoms with Crippen molar-refractivity contribution in [1.29, 1.82) is 0 Å². The van der Waals surface area contributed by atoms with Gasteiger partial charge in [0.25, 0.3) is 5.24 Å². The van der Waals surface area contributed by atoms with E-state index in [1.54, 1.807) is 29.2 Å². The maximum Gasteiger partial charge on any atom is 0.252 e. The Morgan fingerprint density at radius 3 is 2.40 bits per heavy atom. The lowest BCUT2D eigenvalue weighted by molar-refractivity contribution is -0.118. The molecule has 0 atom stereocenters. The Morgan fingerprint density at radius 2 is 1.70 bits per heavy atom. The molecule has 1 heterocycles. The van der Waals surface area contributed by atoms with E-state index in [0.29, 0.717) is 12.0 Å². The quantitative estimate of drug-likeness (QED) is 0.790. The number of para-hydroxylation sites is 1. The molecule has 0 unspecified atom stereocenters. The van der Waals surface area contributed by atoms with Gasteiger partial charge in [-0.05, 0) is 53.9 Å². The van der Waals surface area contributed by atoms with Crippen LogP contribution in [0.4, 0.5) is 11.4 Å². The van der Waals surface area contributed by atoms with Crippen LogP contribution in [0.3, 0.4) is 0 Å². The third-order valence-electron chi connectivity index (χ3n) is 3.44. The summed E-state index contributed by atoms with van der Waals surface area (Å²) in [5, 5.41) is -0.498. The summed E-state index contributed by atoms with van der Waals surface area (Å²) in [6.45, 7) is 0. The fourth-order valence-corrected chi connectivity index (χ4v) is 2.58. The number of nitrogens with zero attached hydrogens (tertiary/aromatic N) is 1. The summed E-state index contributed by atoms with van der Waals surface area (Å²) < 4.78 is 0. The minimum absolute atomic E-state index is 0.0636. The molecule has 0 aromatic heterocycles. The molecule has 0 aliphatic carbocycles. The van der Waals surface area contributed by atoms with Crippen LogP contribution in [0.5, 0.6) is 0 Å². The van der Waals surface area contributed by atoms with E-state index in [1.807, 2.05) is 24.3 Å². The SMILES string of the molecule is O=C(Cl)c1ccc(N2C(=O)CCc3ccccc32)cc1. The van der Waals surface area contributed by atoms with E-state index < -0.39 is 5.24 Å². The molecular weight excluding hydrogens is 274 g/mol. The lowest BCUT2D eigenvalue weighted by atomic mass is 10.0. The van der Waals surface area contributed by atoms with Crippen molar-refractivity contribution < 1.29 is 9.59 Å². The van der Waals surface area contributed by atoms with Crippen molar-refractivity contribution in [3.8, 4) is 0 Å². The highest BCUT2D eigenvalue weighted by molar-refractivity contribution is 6.67. The highest BCUT2D eigenvalue weighted by atomic mass is 35.5. The van der Waals surface area contributed by atoms with E-state index in [4.69, 9.17) is 11.6 Å². The average molecular weight is 286 g/mol. The number of benzene rings is 2. The molecule has 0 saturated carbocycles. The standard InChI is InChI=1S/C16H12ClNO2/c17-16(20)12-5-8-13(9-6-12)18-14-4-2-1-3-11(14)7-10-15(18)19/h1-6,8-9H,7,10H2. The Balaban J connectivity index is 2.04.